The summed E-state index contributed by atoms with van der Waals surface area (Å²) in [7, 11) is 0. The van der Waals surface area contributed by atoms with Crippen molar-refractivity contribution in [3.05, 3.63) is 46.3 Å². The number of aryl methyl sites for hydroxylation is 2. The normalized spacial score (nSPS) is 10.2. The van der Waals surface area contributed by atoms with E-state index in [0.717, 1.165) is 16.9 Å². The number of hydrogen-bond donors (Lipinski definition) is 2. The summed E-state index contributed by atoms with van der Waals surface area (Å²) in [4.78, 5) is 23.0. The highest BCUT2D eigenvalue weighted by atomic mass is 32.1. The van der Waals surface area contributed by atoms with Crippen LogP contribution in [0.5, 0.6) is 5.75 Å². The van der Waals surface area contributed by atoms with Crippen LogP contribution in [0, 0.1) is 13.8 Å². The summed E-state index contributed by atoms with van der Waals surface area (Å²) in [6, 6.07) is 9.06. The number of carbonyl (C=O) groups is 2. The van der Waals surface area contributed by atoms with E-state index in [2.05, 4.69) is 5.32 Å². The Bertz CT molecular complexity index is 678. The second kappa shape index (κ2) is 6.41. The SMILES string of the molecule is Cc1ccccc1OCC(=O)Nc1cc(C)c(C(=O)O)s1. The van der Waals surface area contributed by atoms with E-state index in [1.54, 1.807) is 19.1 Å². The van der Waals surface area contributed by atoms with Crippen molar-refractivity contribution >= 4 is 28.2 Å². The summed E-state index contributed by atoms with van der Waals surface area (Å²) in [5.74, 6) is -0.660. The van der Waals surface area contributed by atoms with Crippen LogP contribution in [0.25, 0.3) is 0 Å². The Balaban J connectivity index is 1.95. The molecule has 1 aromatic carbocycles. The molecule has 0 saturated heterocycles. The zero-order valence-corrected chi connectivity index (χ0v) is 12.5. The van der Waals surface area contributed by atoms with E-state index in [9.17, 15) is 9.59 Å². The monoisotopic (exact) mass is 305 g/mol. The summed E-state index contributed by atoms with van der Waals surface area (Å²) >= 11 is 1.03. The smallest absolute Gasteiger partial charge is 0.346 e. The van der Waals surface area contributed by atoms with Crippen molar-refractivity contribution < 1.29 is 19.4 Å². The van der Waals surface area contributed by atoms with Crippen molar-refractivity contribution in [2.24, 2.45) is 0 Å². The van der Waals surface area contributed by atoms with Crippen LogP contribution in [0.3, 0.4) is 0 Å². The van der Waals surface area contributed by atoms with Gasteiger partial charge in [-0.1, -0.05) is 18.2 Å². The molecule has 0 aliphatic carbocycles. The Kier molecular flexibility index (Phi) is 4.59. The molecule has 0 unspecified atom stereocenters. The van der Waals surface area contributed by atoms with Gasteiger partial charge < -0.3 is 15.2 Å². The predicted octanol–water partition coefficient (Wildman–Crippen LogP) is 3.08. The van der Waals surface area contributed by atoms with Crippen LogP contribution in [-0.4, -0.2) is 23.6 Å². The topological polar surface area (TPSA) is 75.6 Å². The Hall–Kier alpha value is -2.34. The van der Waals surface area contributed by atoms with Crippen molar-refractivity contribution in [1.82, 2.24) is 0 Å². The fourth-order valence-corrected chi connectivity index (χ4v) is 2.72. The molecule has 0 atom stereocenters. The van der Waals surface area contributed by atoms with Gasteiger partial charge in [0, 0.05) is 0 Å². The average Bonchev–Trinajstić information content (AvgIpc) is 2.79. The molecule has 0 fully saturated rings. The number of aromatic carboxylic acids is 1. The summed E-state index contributed by atoms with van der Waals surface area (Å²) in [5.41, 5.74) is 1.58. The van der Waals surface area contributed by atoms with E-state index in [-0.39, 0.29) is 17.4 Å². The number of amides is 1. The molecule has 5 nitrogen and oxygen atoms in total. The van der Waals surface area contributed by atoms with Gasteiger partial charge in [-0.15, -0.1) is 11.3 Å². The number of carboxylic acid groups (broad SMARTS) is 1. The fourth-order valence-electron chi connectivity index (χ4n) is 1.79. The van der Waals surface area contributed by atoms with Crippen LogP contribution in [0.2, 0.25) is 0 Å². The standard InChI is InChI=1S/C15H15NO4S/c1-9-5-3-4-6-11(9)20-8-12(17)16-13-7-10(2)14(21-13)15(18)19/h3-7H,8H2,1-2H3,(H,16,17)(H,18,19). The molecule has 1 aromatic heterocycles. The molecule has 0 aliphatic heterocycles. The summed E-state index contributed by atoms with van der Waals surface area (Å²) in [6.45, 7) is 3.47. The van der Waals surface area contributed by atoms with Crippen LogP contribution in [0.4, 0.5) is 5.00 Å². The van der Waals surface area contributed by atoms with Gasteiger partial charge in [-0.3, -0.25) is 4.79 Å². The van der Waals surface area contributed by atoms with Crippen LogP contribution < -0.4 is 10.1 Å². The van der Waals surface area contributed by atoms with E-state index in [0.29, 0.717) is 16.3 Å². The third kappa shape index (κ3) is 3.82. The average molecular weight is 305 g/mol. The molecule has 0 spiro atoms. The molecular formula is C15H15NO4S. The maximum Gasteiger partial charge on any atom is 0.346 e. The minimum Gasteiger partial charge on any atom is -0.483 e. The number of carbonyl (C=O) groups excluding carboxylic acids is 1. The minimum atomic E-state index is -0.992. The van der Waals surface area contributed by atoms with Gasteiger partial charge in [0.1, 0.15) is 10.6 Å². The number of para-hydroxylation sites is 1. The van der Waals surface area contributed by atoms with Crippen molar-refractivity contribution in [3.8, 4) is 5.75 Å². The van der Waals surface area contributed by atoms with Gasteiger partial charge in [0.05, 0.1) is 5.00 Å². The lowest BCUT2D eigenvalue weighted by atomic mass is 10.2. The molecule has 1 amide bonds. The van der Waals surface area contributed by atoms with E-state index < -0.39 is 5.97 Å². The van der Waals surface area contributed by atoms with Crippen molar-refractivity contribution in [1.29, 1.82) is 0 Å². The molecule has 6 heteroatoms. The quantitative estimate of drug-likeness (QED) is 0.890. The summed E-state index contributed by atoms with van der Waals surface area (Å²) < 4.78 is 5.43. The largest absolute Gasteiger partial charge is 0.483 e. The molecule has 0 saturated carbocycles. The fraction of sp³-hybridized carbons (Fsp3) is 0.200. The second-order valence-electron chi connectivity index (χ2n) is 4.53. The Morgan fingerprint density at radius 2 is 1.95 bits per heavy atom. The highest BCUT2D eigenvalue weighted by Crippen LogP contribution is 2.26. The maximum atomic E-state index is 11.8. The van der Waals surface area contributed by atoms with Crippen LogP contribution in [0.15, 0.2) is 30.3 Å². The molecule has 21 heavy (non-hydrogen) atoms. The lowest BCUT2D eigenvalue weighted by Crippen LogP contribution is -2.19. The number of rotatable bonds is 5. The highest BCUT2D eigenvalue weighted by molar-refractivity contribution is 7.18. The number of ether oxygens (including phenoxy) is 1. The molecule has 1 heterocycles. The molecular weight excluding hydrogens is 290 g/mol. The van der Waals surface area contributed by atoms with Crippen LogP contribution in [0.1, 0.15) is 20.8 Å². The van der Waals surface area contributed by atoms with Gasteiger partial charge in [-0.05, 0) is 37.1 Å². The number of thiophene rings is 1. The van der Waals surface area contributed by atoms with Gasteiger partial charge in [-0.25, -0.2) is 4.79 Å². The molecule has 0 bridgehead atoms. The summed E-state index contributed by atoms with van der Waals surface area (Å²) in [5, 5.41) is 12.1. The first-order valence-corrected chi connectivity index (χ1v) is 7.11. The third-order valence-electron chi connectivity index (χ3n) is 2.83. The van der Waals surface area contributed by atoms with E-state index in [1.165, 1.54) is 0 Å². The van der Waals surface area contributed by atoms with Gasteiger partial charge in [-0.2, -0.15) is 0 Å². The third-order valence-corrected chi connectivity index (χ3v) is 3.97. The minimum absolute atomic E-state index is 0.121. The molecule has 2 aromatic rings. The van der Waals surface area contributed by atoms with Crippen molar-refractivity contribution in [2.75, 3.05) is 11.9 Å². The van der Waals surface area contributed by atoms with E-state index in [4.69, 9.17) is 9.84 Å². The molecule has 2 rings (SSSR count). The maximum absolute atomic E-state index is 11.8. The zero-order chi connectivity index (χ0) is 15.4. The molecule has 0 aliphatic rings. The number of anilines is 1. The predicted molar refractivity (Wildman–Crippen MR) is 81.3 cm³/mol. The van der Waals surface area contributed by atoms with Crippen molar-refractivity contribution in [2.45, 2.75) is 13.8 Å². The van der Waals surface area contributed by atoms with E-state index in [1.807, 2.05) is 25.1 Å². The highest BCUT2D eigenvalue weighted by Gasteiger charge is 2.14. The van der Waals surface area contributed by atoms with E-state index >= 15 is 0 Å². The first-order valence-electron chi connectivity index (χ1n) is 6.29. The summed E-state index contributed by atoms with van der Waals surface area (Å²) in [6.07, 6.45) is 0. The Labute approximate surface area is 126 Å². The number of carboxylic acids is 1. The molecule has 0 radical (unpaired) electrons. The van der Waals surface area contributed by atoms with Crippen LogP contribution in [-0.2, 0) is 4.79 Å². The van der Waals surface area contributed by atoms with Gasteiger partial charge >= 0.3 is 5.97 Å². The Morgan fingerprint density at radius 1 is 1.24 bits per heavy atom. The first-order chi connectivity index (χ1) is 9.97. The van der Waals surface area contributed by atoms with Gasteiger partial charge in [0.25, 0.3) is 5.91 Å². The lowest BCUT2D eigenvalue weighted by Gasteiger charge is -2.08. The lowest BCUT2D eigenvalue weighted by molar-refractivity contribution is -0.118. The second-order valence-corrected chi connectivity index (χ2v) is 5.58. The first kappa shape index (κ1) is 15.1. The molecule has 110 valence electrons. The molecule has 2 N–H and O–H groups in total. The zero-order valence-electron chi connectivity index (χ0n) is 11.7. The Morgan fingerprint density at radius 3 is 2.57 bits per heavy atom. The number of hydrogen-bond acceptors (Lipinski definition) is 4. The van der Waals surface area contributed by atoms with Gasteiger partial charge in [0.15, 0.2) is 6.61 Å². The van der Waals surface area contributed by atoms with Crippen molar-refractivity contribution in [3.63, 3.8) is 0 Å². The number of benzene rings is 1. The van der Waals surface area contributed by atoms with Crippen LogP contribution >= 0.6 is 11.3 Å². The number of nitrogens with one attached hydrogen (secondary N) is 1. The van der Waals surface area contributed by atoms with Gasteiger partial charge in [0.2, 0.25) is 0 Å².